The first-order valence-corrected chi connectivity index (χ1v) is 13.5. The standard InChI is InChI=1S/C25H36N4O3S/c1-25(2,3)24-27-22-15-20(11-12-23(22)29(24)17-19-9-6-5-7-10-19)33(30,31)21-16-26-28(18-21)13-8-14-32-4/h11-12,15-16,18-19H,5-10,13-14,17H2,1-4H3. The minimum Gasteiger partial charge on any atom is -0.385 e. The van der Waals surface area contributed by atoms with Crippen LogP contribution in [0.25, 0.3) is 11.0 Å². The topological polar surface area (TPSA) is 79.0 Å². The monoisotopic (exact) mass is 472 g/mol. The van der Waals surface area contributed by atoms with Crippen LogP contribution in [0.2, 0.25) is 0 Å². The van der Waals surface area contributed by atoms with Crippen molar-refractivity contribution in [3.63, 3.8) is 0 Å². The Morgan fingerprint density at radius 3 is 2.58 bits per heavy atom. The molecule has 2 aromatic heterocycles. The average Bonchev–Trinajstić information content (AvgIpc) is 3.40. The van der Waals surface area contributed by atoms with Gasteiger partial charge in [0.05, 0.1) is 22.1 Å². The molecule has 0 amide bonds. The Bertz CT molecular complexity index is 1200. The summed E-state index contributed by atoms with van der Waals surface area (Å²) in [5.74, 6) is 1.67. The van der Waals surface area contributed by atoms with Crippen LogP contribution in [0, 0.1) is 5.92 Å². The number of fused-ring (bicyclic) bond motifs is 1. The average molecular weight is 473 g/mol. The molecule has 180 valence electrons. The van der Waals surface area contributed by atoms with Crippen molar-refractivity contribution in [1.29, 1.82) is 0 Å². The van der Waals surface area contributed by atoms with Gasteiger partial charge in [-0.15, -0.1) is 0 Å². The zero-order chi connectivity index (χ0) is 23.6. The van der Waals surface area contributed by atoms with Gasteiger partial charge in [-0.3, -0.25) is 4.68 Å². The molecule has 1 aliphatic rings. The van der Waals surface area contributed by atoms with Crippen LogP contribution in [0.1, 0.15) is 65.1 Å². The molecule has 7 nitrogen and oxygen atoms in total. The molecule has 8 heteroatoms. The van der Waals surface area contributed by atoms with Crippen molar-refractivity contribution in [2.75, 3.05) is 13.7 Å². The second-order valence-corrected chi connectivity index (χ2v) is 12.2. The first-order valence-electron chi connectivity index (χ1n) is 12.0. The van der Waals surface area contributed by atoms with Gasteiger partial charge in [0.1, 0.15) is 10.7 Å². The van der Waals surface area contributed by atoms with Crippen LogP contribution in [0.15, 0.2) is 40.4 Å². The summed E-state index contributed by atoms with van der Waals surface area (Å²) in [7, 11) is -2.02. The van der Waals surface area contributed by atoms with E-state index in [1.807, 2.05) is 6.07 Å². The number of aromatic nitrogens is 4. The van der Waals surface area contributed by atoms with Crippen molar-refractivity contribution in [2.24, 2.45) is 5.92 Å². The molecular formula is C25H36N4O3S. The SMILES string of the molecule is COCCCn1cc(S(=O)(=O)c2ccc3c(c2)nc(C(C)(C)C)n3CC2CCCCC2)cn1. The molecule has 33 heavy (non-hydrogen) atoms. The third-order valence-electron chi connectivity index (χ3n) is 6.52. The predicted molar refractivity (Wildman–Crippen MR) is 129 cm³/mol. The number of hydrogen-bond donors (Lipinski definition) is 0. The Labute approximate surface area is 197 Å². The molecule has 1 fully saturated rings. The molecule has 0 saturated heterocycles. The summed E-state index contributed by atoms with van der Waals surface area (Å²) in [5.41, 5.74) is 1.62. The van der Waals surface area contributed by atoms with Crippen LogP contribution in [-0.4, -0.2) is 41.5 Å². The largest absolute Gasteiger partial charge is 0.385 e. The Balaban J connectivity index is 1.67. The molecule has 0 spiro atoms. The van der Waals surface area contributed by atoms with E-state index in [1.54, 1.807) is 30.1 Å². The van der Waals surface area contributed by atoms with Crippen molar-refractivity contribution >= 4 is 20.9 Å². The van der Waals surface area contributed by atoms with E-state index in [4.69, 9.17) is 9.72 Å². The fourth-order valence-corrected chi connectivity index (χ4v) is 6.01. The number of imidazole rings is 1. The number of benzene rings is 1. The maximum atomic E-state index is 13.3. The summed E-state index contributed by atoms with van der Waals surface area (Å²) in [6, 6.07) is 5.36. The van der Waals surface area contributed by atoms with Gasteiger partial charge in [0.2, 0.25) is 9.84 Å². The van der Waals surface area contributed by atoms with Gasteiger partial charge in [-0.1, -0.05) is 40.0 Å². The first-order chi connectivity index (χ1) is 15.7. The van der Waals surface area contributed by atoms with Crippen LogP contribution in [0.4, 0.5) is 0 Å². The number of ether oxygens (including phenoxy) is 1. The van der Waals surface area contributed by atoms with Crippen molar-refractivity contribution in [3.05, 3.63) is 36.4 Å². The zero-order valence-electron chi connectivity index (χ0n) is 20.2. The quantitative estimate of drug-likeness (QED) is 0.432. The lowest BCUT2D eigenvalue weighted by molar-refractivity contribution is 0.189. The summed E-state index contributed by atoms with van der Waals surface area (Å²) >= 11 is 0. The van der Waals surface area contributed by atoms with Gasteiger partial charge in [-0.2, -0.15) is 5.10 Å². The summed E-state index contributed by atoms with van der Waals surface area (Å²) < 4.78 is 35.7. The molecule has 0 radical (unpaired) electrons. The van der Waals surface area contributed by atoms with E-state index in [0.29, 0.717) is 19.1 Å². The van der Waals surface area contributed by atoms with Crippen molar-refractivity contribution in [1.82, 2.24) is 19.3 Å². The fraction of sp³-hybridized carbons (Fsp3) is 0.600. The fourth-order valence-electron chi connectivity index (χ4n) is 4.77. The van der Waals surface area contributed by atoms with Gasteiger partial charge in [0, 0.05) is 38.4 Å². The Kier molecular flexibility index (Phi) is 6.96. The summed E-state index contributed by atoms with van der Waals surface area (Å²) in [6.45, 7) is 8.67. The second-order valence-electron chi connectivity index (χ2n) is 10.2. The van der Waals surface area contributed by atoms with Crippen LogP contribution < -0.4 is 0 Å². The predicted octanol–water partition coefficient (Wildman–Crippen LogP) is 4.98. The third kappa shape index (κ3) is 5.17. The Hall–Kier alpha value is -2.19. The summed E-state index contributed by atoms with van der Waals surface area (Å²) in [6.07, 6.45) is 10.2. The number of rotatable bonds is 8. The van der Waals surface area contributed by atoms with Crippen molar-refractivity contribution < 1.29 is 13.2 Å². The van der Waals surface area contributed by atoms with Crippen molar-refractivity contribution in [2.45, 2.75) is 87.6 Å². The smallest absolute Gasteiger partial charge is 0.209 e. The Morgan fingerprint density at radius 1 is 1.12 bits per heavy atom. The molecule has 0 atom stereocenters. The summed E-state index contributed by atoms with van der Waals surface area (Å²) in [4.78, 5) is 5.40. The highest BCUT2D eigenvalue weighted by atomic mass is 32.2. The molecule has 0 aliphatic heterocycles. The molecule has 3 aromatic rings. The second kappa shape index (κ2) is 9.58. The molecular weight excluding hydrogens is 436 g/mol. The molecule has 1 saturated carbocycles. The number of methoxy groups -OCH3 is 1. The van der Waals surface area contributed by atoms with Crippen LogP contribution in [0.3, 0.4) is 0 Å². The molecule has 4 rings (SSSR count). The lowest BCUT2D eigenvalue weighted by Gasteiger charge is -2.26. The molecule has 0 unspecified atom stereocenters. The number of hydrogen-bond acceptors (Lipinski definition) is 5. The van der Waals surface area contributed by atoms with Gasteiger partial charge in [0.15, 0.2) is 0 Å². The molecule has 0 N–H and O–H groups in total. The highest BCUT2D eigenvalue weighted by Gasteiger charge is 2.27. The maximum absolute atomic E-state index is 13.3. The lowest BCUT2D eigenvalue weighted by Crippen LogP contribution is -2.22. The molecule has 0 bridgehead atoms. The minimum absolute atomic E-state index is 0.129. The van der Waals surface area contributed by atoms with Crippen LogP contribution >= 0.6 is 0 Å². The van der Waals surface area contributed by atoms with Gasteiger partial charge < -0.3 is 9.30 Å². The van der Waals surface area contributed by atoms with E-state index in [1.165, 1.54) is 38.3 Å². The molecule has 1 aliphatic carbocycles. The van der Waals surface area contributed by atoms with Crippen LogP contribution in [0.5, 0.6) is 0 Å². The molecule has 2 heterocycles. The minimum atomic E-state index is -3.67. The van der Waals surface area contributed by atoms with E-state index in [9.17, 15) is 8.42 Å². The first kappa shape index (κ1) is 24.0. The zero-order valence-corrected chi connectivity index (χ0v) is 21.1. The van der Waals surface area contributed by atoms with Gasteiger partial charge in [0.25, 0.3) is 0 Å². The van der Waals surface area contributed by atoms with E-state index in [0.717, 1.165) is 29.8 Å². The van der Waals surface area contributed by atoms with E-state index >= 15 is 0 Å². The van der Waals surface area contributed by atoms with Crippen LogP contribution in [-0.2, 0) is 33.1 Å². The molecule has 1 aromatic carbocycles. The van der Waals surface area contributed by atoms with E-state index < -0.39 is 9.84 Å². The normalized spacial score (nSPS) is 16.0. The van der Waals surface area contributed by atoms with E-state index in [2.05, 4.69) is 30.4 Å². The van der Waals surface area contributed by atoms with Gasteiger partial charge in [-0.25, -0.2) is 13.4 Å². The number of aryl methyl sites for hydroxylation is 1. The summed E-state index contributed by atoms with van der Waals surface area (Å²) in [5, 5.41) is 4.22. The maximum Gasteiger partial charge on any atom is 0.209 e. The third-order valence-corrected chi connectivity index (χ3v) is 8.23. The van der Waals surface area contributed by atoms with Crippen molar-refractivity contribution in [3.8, 4) is 0 Å². The van der Waals surface area contributed by atoms with Gasteiger partial charge >= 0.3 is 0 Å². The highest BCUT2D eigenvalue weighted by Crippen LogP contribution is 2.33. The lowest BCUT2D eigenvalue weighted by atomic mass is 9.88. The van der Waals surface area contributed by atoms with Gasteiger partial charge in [-0.05, 0) is 43.4 Å². The number of sulfone groups is 1. The van der Waals surface area contributed by atoms with E-state index in [-0.39, 0.29) is 15.2 Å². The Morgan fingerprint density at radius 2 is 1.88 bits per heavy atom. The highest BCUT2D eigenvalue weighted by molar-refractivity contribution is 7.91. The number of nitrogens with zero attached hydrogens (tertiary/aromatic N) is 4.